The number of carbonyl (C=O) groups excluding carboxylic acids is 2. The summed E-state index contributed by atoms with van der Waals surface area (Å²) in [7, 11) is 1.36. The number of carboxylic acid groups (broad SMARTS) is 1. The van der Waals surface area contributed by atoms with Gasteiger partial charge in [0.15, 0.2) is 5.76 Å². The molecular weight excluding hydrogens is 216 g/mol. The fourth-order valence-corrected chi connectivity index (χ4v) is 1.05. The molecule has 7 nitrogen and oxygen atoms in total. The summed E-state index contributed by atoms with van der Waals surface area (Å²) in [5, 5.41) is 8.60. The number of primary amides is 1. The summed E-state index contributed by atoms with van der Waals surface area (Å²) in [6.07, 6.45) is 0.952. The monoisotopic (exact) mass is 226 g/mol. The van der Waals surface area contributed by atoms with Crippen LogP contribution in [-0.4, -0.2) is 41.4 Å². The van der Waals surface area contributed by atoms with E-state index in [0.717, 1.165) is 17.2 Å². The molecule has 0 radical (unpaired) electrons. The van der Waals surface area contributed by atoms with Crippen LogP contribution in [0.2, 0.25) is 0 Å². The van der Waals surface area contributed by atoms with Crippen molar-refractivity contribution >= 4 is 17.8 Å². The molecule has 2 amide bonds. The number of likely N-dealkylation sites (N-methyl/N-ethyl adjacent to an activating group) is 1. The largest absolute Gasteiger partial charge is 0.478 e. The number of furan rings is 1. The third-order valence-electron chi connectivity index (χ3n) is 1.80. The van der Waals surface area contributed by atoms with Crippen molar-refractivity contribution in [1.29, 1.82) is 0 Å². The van der Waals surface area contributed by atoms with Gasteiger partial charge in [0.25, 0.3) is 5.91 Å². The Hall–Kier alpha value is -2.31. The Morgan fingerprint density at radius 1 is 1.50 bits per heavy atom. The van der Waals surface area contributed by atoms with Gasteiger partial charge in [0.05, 0.1) is 12.1 Å². The molecule has 0 saturated heterocycles. The lowest BCUT2D eigenvalue weighted by atomic mass is 10.3. The molecule has 0 aliphatic rings. The third kappa shape index (κ3) is 2.59. The van der Waals surface area contributed by atoms with Gasteiger partial charge in [-0.25, -0.2) is 4.79 Å². The molecule has 16 heavy (non-hydrogen) atoms. The maximum absolute atomic E-state index is 11.5. The molecule has 0 atom stereocenters. The van der Waals surface area contributed by atoms with Crippen LogP contribution in [0.3, 0.4) is 0 Å². The van der Waals surface area contributed by atoms with Crippen LogP contribution in [0.4, 0.5) is 0 Å². The molecule has 0 spiro atoms. The zero-order valence-corrected chi connectivity index (χ0v) is 8.47. The van der Waals surface area contributed by atoms with Crippen LogP contribution >= 0.6 is 0 Å². The van der Waals surface area contributed by atoms with E-state index in [1.165, 1.54) is 7.05 Å². The summed E-state index contributed by atoms with van der Waals surface area (Å²) < 4.78 is 4.77. The van der Waals surface area contributed by atoms with Gasteiger partial charge in [0.1, 0.15) is 6.26 Å². The molecule has 0 aromatic carbocycles. The fraction of sp³-hybridized carbons (Fsp3) is 0.222. The summed E-state index contributed by atoms with van der Waals surface area (Å²) in [5.74, 6) is -2.62. The first-order chi connectivity index (χ1) is 7.41. The second kappa shape index (κ2) is 4.47. The molecule has 0 unspecified atom stereocenters. The molecule has 0 aliphatic heterocycles. The van der Waals surface area contributed by atoms with Crippen molar-refractivity contribution in [2.75, 3.05) is 13.6 Å². The van der Waals surface area contributed by atoms with Gasteiger partial charge in [-0.3, -0.25) is 9.59 Å². The number of carbonyl (C=O) groups is 3. The van der Waals surface area contributed by atoms with Gasteiger partial charge in [-0.05, 0) is 0 Å². The van der Waals surface area contributed by atoms with E-state index in [1.54, 1.807) is 0 Å². The van der Waals surface area contributed by atoms with Gasteiger partial charge in [0, 0.05) is 13.1 Å². The van der Waals surface area contributed by atoms with Crippen LogP contribution in [0.1, 0.15) is 20.9 Å². The minimum atomic E-state index is -1.19. The topological polar surface area (TPSA) is 114 Å². The average molecular weight is 226 g/mol. The van der Waals surface area contributed by atoms with E-state index in [4.69, 9.17) is 15.3 Å². The highest BCUT2D eigenvalue weighted by Gasteiger charge is 2.19. The van der Waals surface area contributed by atoms with Gasteiger partial charge in [-0.15, -0.1) is 0 Å². The fourth-order valence-electron chi connectivity index (χ4n) is 1.05. The number of amides is 2. The first-order valence-electron chi connectivity index (χ1n) is 4.27. The highest BCUT2D eigenvalue weighted by molar-refractivity contribution is 5.96. The van der Waals surface area contributed by atoms with Crippen molar-refractivity contribution < 1.29 is 23.9 Å². The minimum absolute atomic E-state index is 0.129. The molecule has 7 heteroatoms. The normalized spacial score (nSPS) is 9.81. The van der Waals surface area contributed by atoms with Crippen LogP contribution < -0.4 is 5.73 Å². The van der Waals surface area contributed by atoms with Crippen molar-refractivity contribution in [3.8, 4) is 0 Å². The molecule has 0 aliphatic carbocycles. The standard InChI is InChI=1S/C9H10N2O5/c1-11(3-7(10)12)8(13)6-2-5(4-16-6)9(14)15/h2,4H,3H2,1H3,(H2,10,12)(H,14,15). The summed E-state index contributed by atoms with van der Waals surface area (Å²) in [6, 6.07) is 1.09. The van der Waals surface area contributed by atoms with E-state index in [-0.39, 0.29) is 17.9 Å². The molecule has 0 bridgehead atoms. The molecule has 0 saturated carbocycles. The smallest absolute Gasteiger partial charge is 0.338 e. The molecule has 1 aromatic heterocycles. The lowest BCUT2D eigenvalue weighted by molar-refractivity contribution is -0.118. The number of hydrogen-bond acceptors (Lipinski definition) is 4. The Morgan fingerprint density at radius 2 is 2.12 bits per heavy atom. The zero-order chi connectivity index (χ0) is 12.3. The SMILES string of the molecule is CN(CC(N)=O)C(=O)c1cc(C(=O)O)co1. The first kappa shape index (κ1) is 11.8. The number of nitrogens with zero attached hydrogens (tertiary/aromatic N) is 1. The Balaban J connectivity index is 2.80. The third-order valence-corrected chi connectivity index (χ3v) is 1.80. The van der Waals surface area contributed by atoms with Gasteiger partial charge in [-0.2, -0.15) is 0 Å². The molecular formula is C9H10N2O5. The van der Waals surface area contributed by atoms with E-state index >= 15 is 0 Å². The van der Waals surface area contributed by atoms with Crippen LogP contribution in [0.15, 0.2) is 16.7 Å². The van der Waals surface area contributed by atoms with Gasteiger partial charge < -0.3 is 20.2 Å². The summed E-state index contributed by atoms with van der Waals surface area (Å²) >= 11 is 0. The second-order valence-electron chi connectivity index (χ2n) is 3.13. The Kier molecular flexibility index (Phi) is 3.29. The number of aromatic carboxylic acids is 1. The molecule has 0 fully saturated rings. The minimum Gasteiger partial charge on any atom is -0.478 e. The molecule has 1 heterocycles. The van der Waals surface area contributed by atoms with Crippen molar-refractivity contribution in [3.63, 3.8) is 0 Å². The maximum Gasteiger partial charge on any atom is 0.338 e. The number of rotatable bonds is 4. The Bertz CT molecular complexity index is 437. The van der Waals surface area contributed by atoms with Crippen molar-refractivity contribution in [2.45, 2.75) is 0 Å². The lowest BCUT2D eigenvalue weighted by Gasteiger charge is -2.12. The van der Waals surface area contributed by atoms with Gasteiger partial charge >= 0.3 is 5.97 Å². The summed E-state index contributed by atoms with van der Waals surface area (Å²) in [4.78, 5) is 33.7. The van der Waals surface area contributed by atoms with E-state index in [9.17, 15) is 14.4 Å². The average Bonchev–Trinajstić information content (AvgIpc) is 2.64. The highest BCUT2D eigenvalue weighted by atomic mass is 16.4. The van der Waals surface area contributed by atoms with Crippen LogP contribution in [0.25, 0.3) is 0 Å². The quantitative estimate of drug-likeness (QED) is 0.720. The lowest BCUT2D eigenvalue weighted by Crippen LogP contribution is -2.35. The maximum atomic E-state index is 11.5. The molecule has 1 aromatic rings. The highest BCUT2D eigenvalue weighted by Crippen LogP contribution is 2.09. The predicted octanol–water partition coefficient (Wildman–Crippen LogP) is -0.465. The van der Waals surface area contributed by atoms with E-state index < -0.39 is 17.8 Å². The van der Waals surface area contributed by atoms with E-state index in [0.29, 0.717) is 0 Å². The molecule has 3 N–H and O–H groups in total. The van der Waals surface area contributed by atoms with Crippen molar-refractivity contribution in [1.82, 2.24) is 4.90 Å². The number of carboxylic acids is 1. The predicted molar refractivity (Wildman–Crippen MR) is 51.8 cm³/mol. The Labute approximate surface area is 90.4 Å². The van der Waals surface area contributed by atoms with Crippen LogP contribution in [0, 0.1) is 0 Å². The molecule has 1 rings (SSSR count). The van der Waals surface area contributed by atoms with Gasteiger partial charge in [-0.1, -0.05) is 0 Å². The zero-order valence-electron chi connectivity index (χ0n) is 8.47. The Morgan fingerprint density at radius 3 is 2.56 bits per heavy atom. The summed E-state index contributed by atoms with van der Waals surface area (Å²) in [5.41, 5.74) is 4.78. The number of hydrogen-bond donors (Lipinski definition) is 2. The van der Waals surface area contributed by atoms with Crippen molar-refractivity contribution in [2.24, 2.45) is 5.73 Å². The van der Waals surface area contributed by atoms with Crippen molar-refractivity contribution in [3.05, 3.63) is 23.7 Å². The van der Waals surface area contributed by atoms with Gasteiger partial charge in [0.2, 0.25) is 5.91 Å². The van der Waals surface area contributed by atoms with E-state index in [2.05, 4.69) is 0 Å². The first-order valence-corrected chi connectivity index (χ1v) is 4.27. The van der Waals surface area contributed by atoms with Crippen LogP contribution in [-0.2, 0) is 4.79 Å². The van der Waals surface area contributed by atoms with Crippen LogP contribution in [0.5, 0.6) is 0 Å². The molecule has 86 valence electrons. The second-order valence-corrected chi connectivity index (χ2v) is 3.13. The summed E-state index contributed by atoms with van der Waals surface area (Å²) in [6.45, 7) is -0.262. The van der Waals surface area contributed by atoms with E-state index in [1.807, 2.05) is 0 Å². The number of nitrogens with two attached hydrogens (primary N) is 1.